The van der Waals surface area contributed by atoms with Crippen molar-refractivity contribution in [3.8, 4) is 0 Å². The van der Waals surface area contributed by atoms with E-state index in [-0.39, 0.29) is 11.8 Å². The van der Waals surface area contributed by atoms with E-state index >= 15 is 0 Å². The van der Waals surface area contributed by atoms with Crippen molar-refractivity contribution in [3.05, 3.63) is 59.8 Å². The van der Waals surface area contributed by atoms with Gasteiger partial charge in [0.2, 0.25) is 5.91 Å². The minimum absolute atomic E-state index is 0.0867. The predicted octanol–water partition coefficient (Wildman–Crippen LogP) is 1.61. The number of hydrogen-bond donors (Lipinski definition) is 1. The van der Waals surface area contributed by atoms with E-state index in [4.69, 9.17) is 0 Å². The quantitative estimate of drug-likeness (QED) is 0.772. The fourth-order valence-electron chi connectivity index (χ4n) is 3.46. The van der Waals surface area contributed by atoms with Crippen LogP contribution in [0.2, 0.25) is 0 Å². The van der Waals surface area contributed by atoms with Crippen molar-refractivity contribution in [2.75, 3.05) is 51.7 Å². The molecule has 7 nitrogen and oxygen atoms in total. The Labute approximate surface area is 172 Å². The van der Waals surface area contributed by atoms with Gasteiger partial charge < -0.3 is 15.1 Å². The molecule has 0 unspecified atom stereocenters. The number of carbonyl (C=O) groups is 2. The number of amides is 2. The van der Waals surface area contributed by atoms with Gasteiger partial charge in [0.05, 0.1) is 5.56 Å². The molecule has 154 valence electrons. The normalized spacial score (nSPS) is 14.5. The summed E-state index contributed by atoms with van der Waals surface area (Å²) in [5.41, 5.74) is 1.81. The summed E-state index contributed by atoms with van der Waals surface area (Å²) in [4.78, 5) is 35.2. The zero-order chi connectivity index (χ0) is 20.6. The maximum absolute atomic E-state index is 12.5. The fourth-order valence-corrected chi connectivity index (χ4v) is 3.46. The molecule has 1 fully saturated rings. The minimum atomic E-state index is -0.206. The molecule has 0 spiro atoms. The van der Waals surface area contributed by atoms with Gasteiger partial charge in [-0.1, -0.05) is 30.3 Å². The number of pyridine rings is 1. The number of benzene rings is 1. The lowest BCUT2D eigenvalue weighted by Gasteiger charge is -2.34. The first kappa shape index (κ1) is 20.8. The molecule has 1 aliphatic heterocycles. The number of nitrogens with one attached hydrogen (secondary N) is 1. The Bertz CT molecular complexity index is 817. The van der Waals surface area contributed by atoms with E-state index in [9.17, 15) is 9.59 Å². The molecule has 7 heteroatoms. The Hall–Kier alpha value is -2.93. The molecule has 1 saturated heterocycles. The topological polar surface area (TPSA) is 68.8 Å². The molecule has 1 aromatic heterocycles. The van der Waals surface area contributed by atoms with Gasteiger partial charge in [-0.2, -0.15) is 0 Å². The zero-order valence-corrected chi connectivity index (χ0v) is 17.2. The third-order valence-corrected chi connectivity index (χ3v) is 5.05. The molecule has 1 N–H and O–H groups in total. The molecule has 29 heavy (non-hydrogen) atoms. The van der Waals surface area contributed by atoms with Gasteiger partial charge in [0.15, 0.2) is 0 Å². The predicted molar refractivity (Wildman–Crippen MR) is 114 cm³/mol. The second-order valence-corrected chi connectivity index (χ2v) is 7.42. The van der Waals surface area contributed by atoms with Gasteiger partial charge in [0.1, 0.15) is 5.82 Å². The first-order valence-corrected chi connectivity index (χ1v) is 9.99. The highest BCUT2D eigenvalue weighted by Crippen LogP contribution is 2.14. The van der Waals surface area contributed by atoms with Crippen LogP contribution in [0.15, 0.2) is 48.7 Å². The van der Waals surface area contributed by atoms with Crippen LogP contribution in [0.3, 0.4) is 0 Å². The number of anilines is 1. The molecule has 0 atom stereocenters. The number of aromatic nitrogens is 1. The van der Waals surface area contributed by atoms with Crippen LogP contribution in [0.4, 0.5) is 5.82 Å². The van der Waals surface area contributed by atoms with Crippen LogP contribution in [0, 0.1) is 0 Å². The summed E-state index contributed by atoms with van der Waals surface area (Å²) >= 11 is 0. The summed E-state index contributed by atoms with van der Waals surface area (Å²) < 4.78 is 0. The molecular weight excluding hydrogens is 366 g/mol. The smallest absolute Gasteiger partial charge is 0.255 e. The van der Waals surface area contributed by atoms with Crippen LogP contribution in [0.25, 0.3) is 0 Å². The van der Waals surface area contributed by atoms with Gasteiger partial charge in [-0.25, -0.2) is 4.98 Å². The van der Waals surface area contributed by atoms with E-state index in [1.807, 2.05) is 25.1 Å². The van der Waals surface area contributed by atoms with Gasteiger partial charge in [-0.05, 0) is 17.7 Å². The maximum atomic E-state index is 12.5. The minimum Gasteiger partial charge on any atom is -0.362 e. The third kappa shape index (κ3) is 5.77. The second kappa shape index (κ2) is 10.0. The largest absolute Gasteiger partial charge is 0.362 e. The van der Waals surface area contributed by atoms with Crippen molar-refractivity contribution in [1.29, 1.82) is 0 Å². The molecule has 3 rings (SSSR count). The first-order valence-electron chi connectivity index (χ1n) is 9.99. The van der Waals surface area contributed by atoms with Gasteiger partial charge in [0.25, 0.3) is 5.91 Å². The summed E-state index contributed by atoms with van der Waals surface area (Å²) in [6.07, 6.45) is 1.97. The maximum Gasteiger partial charge on any atom is 0.255 e. The van der Waals surface area contributed by atoms with E-state index in [0.29, 0.717) is 24.3 Å². The van der Waals surface area contributed by atoms with E-state index < -0.39 is 0 Å². The third-order valence-electron chi connectivity index (χ3n) is 5.05. The van der Waals surface area contributed by atoms with Crippen LogP contribution < -0.4 is 10.2 Å². The number of hydrogen-bond acceptors (Lipinski definition) is 5. The van der Waals surface area contributed by atoms with Gasteiger partial charge in [-0.3, -0.25) is 14.5 Å². The van der Waals surface area contributed by atoms with Gasteiger partial charge >= 0.3 is 0 Å². The molecule has 0 saturated carbocycles. The standard InChI is InChI=1S/C22H29N5O2/c1-25(2)21-19(9-6-11-23-21)22(29)24-12-10-20(28)27-15-13-26(14-16-27)17-18-7-4-3-5-8-18/h3-9,11H,10,12-17H2,1-2H3,(H,24,29). The molecule has 0 aliphatic carbocycles. The lowest BCUT2D eigenvalue weighted by molar-refractivity contribution is -0.132. The SMILES string of the molecule is CN(C)c1ncccc1C(=O)NCCC(=O)N1CCN(Cc2ccccc2)CC1. The highest BCUT2D eigenvalue weighted by molar-refractivity contribution is 5.99. The lowest BCUT2D eigenvalue weighted by atomic mass is 10.2. The van der Waals surface area contributed by atoms with Crippen molar-refractivity contribution < 1.29 is 9.59 Å². The monoisotopic (exact) mass is 395 g/mol. The lowest BCUT2D eigenvalue weighted by Crippen LogP contribution is -2.48. The van der Waals surface area contributed by atoms with Crippen molar-refractivity contribution in [1.82, 2.24) is 20.1 Å². The Morgan fingerprint density at radius 1 is 1.03 bits per heavy atom. The highest BCUT2D eigenvalue weighted by Gasteiger charge is 2.21. The van der Waals surface area contributed by atoms with E-state index in [1.54, 1.807) is 23.2 Å². The average Bonchev–Trinajstić information content (AvgIpc) is 2.74. The molecular formula is C22H29N5O2. The zero-order valence-electron chi connectivity index (χ0n) is 17.2. The molecule has 0 radical (unpaired) electrons. The van der Waals surface area contributed by atoms with Crippen molar-refractivity contribution in [3.63, 3.8) is 0 Å². The number of carbonyl (C=O) groups excluding carboxylic acids is 2. The molecule has 1 aliphatic rings. The Morgan fingerprint density at radius 3 is 2.45 bits per heavy atom. The van der Waals surface area contributed by atoms with Crippen LogP contribution >= 0.6 is 0 Å². The average molecular weight is 396 g/mol. The fraction of sp³-hybridized carbons (Fsp3) is 0.409. The summed E-state index contributed by atoms with van der Waals surface area (Å²) in [5.74, 6) is 0.497. The number of nitrogens with zero attached hydrogens (tertiary/aromatic N) is 4. The summed E-state index contributed by atoms with van der Waals surface area (Å²) in [5, 5.41) is 2.84. The molecule has 2 amide bonds. The van der Waals surface area contributed by atoms with Crippen LogP contribution in [0.5, 0.6) is 0 Å². The Balaban J connectivity index is 1.41. The summed E-state index contributed by atoms with van der Waals surface area (Å²) in [6.45, 7) is 4.44. The molecule has 2 heterocycles. The van der Waals surface area contributed by atoms with Crippen molar-refractivity contribution >= 4 is 17.6 Å². The second-order valence-electron chi connectivity index (χ2n) is 7.42. The molecule has 2 aromatic rings. The van der Waals surface area contributed by atoms with Crippen molar-refractivity contribution in [2.45, 2.75) is 13.0 Å². The van der Waals surface area contributed by atoms with Crippen LogP contribution in [-0.4, -0.2) is 73.4 Å². The van der Waals surface area contributed by atoms with Crippen molar-refractivity contribution in [2.24, 2.45) is 0 Å². The van der Waals surface area contributed by atoms with E-state index in [2.05, 4.69) is 39.5 Å². The molecule has 1 aromatic carbocycles. The summed E-state index contributed by atoms with van der Waals surface area (Å²) in [6, 6.07) is 13.9. The Kier molecular flexibility index (Phi) is 7.19. The van der Waals surface area contributed by atoms with E-state index in [0.717, 1.165) is 32.7 Å². The highest BCUT2D eigenvalue weighted by atomic mass is 16.2. The van der Waals surface area contributed by atoms with Gasteiger partial charge in [0, 0.05) is 66.0 Å². The number of rotatable bonds is 7. The van der Waals surface area contributed by atoms with Gasteiger partial charge in [-0.15, -0.1) is 0 Å². The first-order chi connectivity index (χ1) is 14.0. The van der Waals surface area contributed by atoms with E-state index in [1.165, 1.54) is 5.56 Å². The summed E-state index contributed by atoms with van der Waals surface area (Å²) in [7, 11) is 3.69. The number of piperazine rings is 1. The molecule has 0 bridgehead atoms. The van der Waals surface area contributed by atoms with Crippen LogP contribution in [-0.2, 0) is 11.3 Å². The Morgan fingerprint density at radius 2 is 1.76 bits per heavy atom. The van der Waals surface area contributed by atoms with Crippen LogP contribution in [0.1, 0.15) is 22.3 Å².